The molecule has 0 aliphatic carbocycles. The molecule has 0 aliphatic rings. The first-order valence-electron chi connectivity index (χ1n) is 5.28. The summed E-state index contributed by atoms with van der Waals surface area (Å²) in [5, 5.41) is 1.12. The highest BCUT2D eigenvalue weighted by Gasteiger charge is 2.19. The number of methoxy groups -OCH3 is 1. The molecule has 3 nitrogen and oxygen atoms in total. The second-order valence-corrected chi connectivity index (χ2v) is 5.11. The Morgan fingerprint density at radius 2 is 2.19 bits per heavy atom. The molecular weight excluding hydrogens is 268 g/mol. The highest BCUT2D eigenvalue weighted by molar-refractivity contribution is 9.10. The number of rotatable bonds is 3. The van der Waals surface area contributed by atoms with E-state index in [4.69, 9.17) is 4.74 Å². The van der Waals surface area contributed by atoms with Crippen LogP contribution in [0, 0.1) is 5.92 Å². The van der Waals surface area contributed by atoms with Crippen LogP contribution in [0.25, 0.3) is 11.0 Å². The molecule has 0 spiro atoms. The molecule has 1 unspecified atom stereocenters. The van der Waals surface area contributed by atoms with Gasteiger partial charge in [0, 0.05) is 34.9 Å². The summed E-state index contributed by atoms with van der Waals surface area (Å²) in [7, 11) is 1.74. The van der Waals surface area contributed by atoms with Gasteiger partial charge in [-0.25, -0.2) is 4.98 Å². The van der Waals surface area contributed by atoms with Crippen molar-refractivity contribution in [3.63, 3.8) is 0 Å². The summed E-state index contributed by atoms with van der Waals surface area (Å²) in [6.07, 6.45) is 3.88. The van der Waals surface area contributed by atoms with Gasteiger partial charge in [-0.15, -0.1) is 0 Å². The third-order valence-electron chi connectivity index (χ3n) is 2.70. The highest BCUT2D eigenvalue weighted by Crippen LogP contribution is 2.31. The zero-order valence-corrected chi connectivity index (χ0v) is 11.2. The van der Waals surface area contributed by atoms with Gasteiger partial charge in [0.2, 0.25) is 0 Å². The molecule has 0 fully saturated rings. The van der Waals surface area contributed by atoms with Crippen LogP contribution in [0.4, 0.5) is 0 Å². The number of aromatic amines is 1. The van der Waals surface area contributed by atoms with E-state index in [1.165, 1.54) is 5.56 Å². The average molecular weight is 283 g/mol. The standard InChI is InChI=1S/C12H15BrN2O/c1-7(2)11(16-3)10-6-15-12-9(10)4-8(13)5-14-12/h4-7,11H,1-3H3,(H,14,15). The summed E-state index contributed by atoms with van der Waals surface area (Å²) in [4.78, 5) is 7.49. The number of hydrogen-bond acceptors (Lipinski definition) is 2. The van der Waals surface area contributed by atoms with E-state index in [1.807, 2.05) is 6.20 Å². The van der Waals surface area contributed by atoms with Crippen LogP contribution in [0.3, 0.4) is 0 Å². The molecule has 0 aromatic carbocycles. The molecule has 2 aromatic rings. The van der Waals surface area contributed by atoms with Gasteiger partial charge in [-0.2, -0.15) is 0 Å². The van der Waals surface area contributed by atoms with Gasteiger partial charge >= 0.3 is 0 Å². The van der Waals surface area contributed by atoms with E-state index in [2.05, 4.69) is 45.8 Å². The molecule has 16 heavy (non-hydrogen) atoms. The minimum absolute atomic E-state index is 0.102. The van der Waals surface area contributed by atoms with Crippen LogP contribution in [0.5, 0.6) is 0 Å². The molecule has 1 N–H and O–H groups in total. The Hall–Kier alpha value is -0.870. The van der Waals surface area contributed by atoms with Crippen molar-refractivity contribution in [2.45, 2.75) is 20.0 Å². The van der Waals surface area contributed by atoms with Gasteiger partial charge in [0.1, 0.15) is 5.65 Å². The normalized spacial score (nSPS) is 13.6. The van der Waals surface area contributed by atoms with Gasteiger partial charge in [-0.3, -0.25) is 0 Å². The first-order valence-corrected chi connectivity index (χ1v) is 6.08. The van der Waals surface area contributed by atoms with Crippen molar-refractivity contribution in [3.05, 3.63) is 28.5 Å². The summed E-state index contributed by atoms with van der Waals surface area (Å²) >= 11 is 3.44. The molecule has 2 aromatic heterocycles. The number of pyridine rings is 1. The van der Waals surface area contributed by atoms with Crippen LogP contribution in [0.2, 0.25) is 0 Å². The second kappa shape index (κ2) is 4.55. The van der Waals surface area contributed by atoms with E-state index in [9.17, 15) is 0 Å². The Labute approximate surface area is 103 Å². The second-order valence-electron chi connectivity index (χ2n) is 4.19. The minimum atomic E-state index is 0.102. The fourth-order valence-electron chi connectivity index (χ4n) is 1.99. The molecule has 1 atom stereocenters. The smallest absolute Gasteiger partial charge is 0.137 e. The Kier molecular flexibility index (Phi) is 3.30. The first kappa shape index (κ1) is 11.6. The molecule has 0 saturated heterocycles. The van der Waals surface area contributed by atoms with Gasteiger partial charge in [0.05, 0.1) is 6.10 Å². The zero-order valence-electron chi connectivity index (χ0n) is 9.62. The van der Waals surface area contributed by atoms with E-state index in [-0.39, 0.29) is 6.10 Å². The third-order valence-corrected chi connectivity index (χ3v) is 3.13. The molecule has 0 amide bonds. The minimum Gasteiger partial charge on any atom is -0.376 e. The van der Waals surface area contributed by atoms with E-state index < -0.39 is 0 Å². The van der Waals surface area contributed by atoms with Crippen LogP contribution >= 0.6 is 15.9 Å². The maximum atomic E-state index is 5.54. The van der Waals surface area contributed by atoms with Crippen LogP contribution in [0.15, 0.2) is 22.9 Å². The molecular formula is C12H15BrN2O. The molecule has 4 heteroatoms. The van der Waals surface area contributed by atoms with Crippen molar-refractivity contribution in [2.75, 3.05) is 7.11 Å². The lowest BCUT2D eigenvalue weighted by atomic mass is 9.99. The molecule has 0 bridgehead atoms. The predicted molar refractivity (Wildman–Crippen MR) is 68.4 cm³/mol. The van der Waals surface area contributed by atoms with Gasteiger partial charge in [0.15, 0.2) is 0 Å². The molecule has 2 rings (SSSR count). The predicted octanol–water partition coefficient (Wildman–Crippen LogP) is 3.67. The van der Waals surface area contributed by atoms with E-state index in [1.54, 1.807) is 13.3 Å². The monoisotopic (exact) mass is 282 g/mol. The number of hydrogen-bond donors (Lipinski definition) is 1. The Bertz CT molecular complexity index is 493. The number of nitrogens with zero attached hydrogens (tertiary/aromatic N) is 1. The Morgan fingerprint density at radius 3 is 2.81 bits per heavy atom. The van der Waals surface area contributed by atoms with Crippen molar-refractivity contribution in [1.29, 1.82) is 0 Å². The highest BCUT2D eigenvalue weighted by atomic mass is 79.9. The zero-order chi connectivity index (χ0) is 11.7. The maximum Gasteiger partial charge on any atom is 0.137 e. The van der Waals surface area contributed by atoms with Gasteiger partial charge in [-0.1, -0.05) is 13.8 Å². The number of fused-ring (bicyclic) bond motifs is 1. The van der Waals surface area contributed by atoms with Crippen molar-refractivity contribution in [1.82, 2.24) is 9.97 Å². The van der Waals surface area contributed by atoms with Gasteiger partial charge < -0.3 is 9.72 Å². The largest absolute Gasteiger partial charge is 0.376 e. The lowest BCUT2D eigenvalue weighted by Gasteiger charge is -2.18. The summed E-state index contributed by atoms with van der Waals surface area (Å²) in [5.41, 5.74) is 2.07. The van der Waals surface area contributed by atoms with Crippen molar-refractivity contribution in [3.8, 4) is 0 Å². The average Bonchev–Trinajstić information content (AvgIpc) is 2.62. The maximum absolute atomic E-state index is 5.54. The lowest BCUT2D eigenvalue weighted by molar-refractivity contribution is 0.0658. The fourth-order valence-corrected chi connectivity index (χ4v) is 2.32. The van der Waals surface area contributed by atoms with E-state index >= 15 is 0 Å². The Morgan fingerprint density at radius 1 is 1.44 bits per heavy atom. The van der Waals surface area contributed by atoms with Crippen LogP contribution in [-0.2, 0) is 4.74 Å². The summed E-state index contributed by atoms with van der Waals surface area (Å²) in [5.74, 6) is 0.433. The third kappa shape index (κ3) is 1.99. The number of halogens is 1. The summed E-state index contributed by atoms with van der Waals surface area (Å²) in [6.45, 7) is 4.30. The van der Waals surface area contributed by atoms with Gasteiger partial charge in [0.25, 0.3) is 0 Å². The number of nitrogens with one attached hydrogen (secondary N) is 1. The number of ether oxygens (including phenoxy) is 1. The van der Waals surface area contributed by atoms with Crippen molar-refractivity contribution < 1.29 is 4.74 Å². The fraction of sp³-hybridized carbons (Fsp3) is 0.417. The molecule has 0 radical (unpaired) electrons. The quantitative estimate of drug-likeness (QED) is 0.933. The summed E-state index contributed by atoms with van der Waals surface area (Å²) < 4.78 is 6.53. The molecule has 0 saturated carbocycles. The first-order chi connectivity index (χ1) is 7.63. The summed E-state index contributed by atoms with van der Waals surface area (Å²) in [6, 6.07) is 2.07. The van der Waals surface area contributed by atoms with Crippen LogP contribution in [-0.4, -0.2) is 17.1 Å². The van der Waals surface area contributed by atoms with E-state index in [0.717, 1.165) is 15.5 Å². The topological polar surface area (TPSA) is 37.9 Å². The number of aromatic nitrogens is 2. The Balaban J connectivity index is 2.55. The molecule has 2 heterocycles. The number of H-pyrrole nitrogens is 1. The molecule has 86 valence electrons. The van der Waals surface area contributed by atoms with Crippen molar-refractivity contribution in [2.24, 2.45) is 5.92 Å². The van der Waals surface area contributed by atoms with Crippen LogP contribution in [0.1, 0.15) is 25.5 Å². The van der Waals surface area contributed by atoms with E-state index in [0.29, 0.717) is 5.92 Å². The SMILES string of the molecule is COC(c1c[nH]c2ncc(Br)cc12)C(C)C. The van der Waals surface area contributed by atoms with Gasteiger partial charge in [-0.05, 0) is 27.9 Å². The van der Waals surface area contributed by atoms with Crippen molar-refractivity contribution >= 4 is 27.0 Å². The molecule has 0 aliphatic heterocycles. The lowest BCUT2D eigenvalue weighted by Crippen LogP contribution is -2.08. The van der Waals surface area contributed by atoms with Crippen LogP contribution < -0.4 is 0 Å².